The van der Waals surface area contributed by atoms with Crippen molar-refractivity contribution in [2.24, 2.45) is 0 Å². The average Bonchev–Trinajstić information content (AvgIpc) is 3.24. The minimum absolute atomic E-state index is 0. The molecule has 0 spiro atoms. The first-order chi connectivity index (χ1) is 29.6. The first kappa shape index (κ1) is 62.3. The van der Waals surface area contributed by atoms with Crippen molar-refractivity contribution in [3.8, 4) is 0 Å². The van der Waals surface area contributed by atoms with Crippen LogP contribution in [0.15, 0.2) is 146 Å². The Morgan fingerprint density at radius 3 is 0.969 bits per heavy atom. The predicted octanol–water partition coefficient (Wildman–Crippen LogP) is -3.50. The Hall–Kier alpha value is -3.82. The summed E-state index contributed by atoms with van der Waals surface area (Å²) < 4.78 is 67.9. The van der Waals surface area contributed by atoms with Gasteiger partial charge in [0.1, 0.15) is 0 Å². The van der Waals surface area contributed by atoms with E-state index in [-0.39, 0.29) is 34.1 Å². The fraction of sp³-hybridized carbons (Fsp3) is 0.273. The third kappa shape index (κ3) is 34.6. The minimum atomic E-state index is -4.94. The van der Waals surface area contributed by atoms with E-state index in [1.165, 1.54) is 11.1 Å². The average molecular weight is 1020 g/mol. The van der Waals surface area contributed by atoms with E-state index in [2.05, 4.69) is 127 Å². The van der Waals surface area contributed by atoms with Gasteiger partial charge in [0, 0.05) is 87.3 Å². The van der Waals surface area contributed by atoms with Crippen molar-refractivity contribution in [1.29, 1.82) is 0 Å². The van der Waals surface area contributed by atoms with Crippen molar-refractivity contribution in [3.63, 3.8) is 0 Å². The van der Waals surface area contributed by atoms with Crippen LogP contribution >= 0.6 is 0 Å². The monoisotopic (exact) mass is 1020 g/mol. The number of benzene rings is 2. The molecule has 2 radical (unpaired) electrons. The second-order valence-corrected chi connectivity index (χ2v) is 14.3. The Balaban J connectivity index is 0. The van der Waals surface area contributed by atoms with Crippen LogP contribution in [0.5, 0.6) is 0 Å². The molecule has 20 heteroatoms. The maximum Gasteiger partial charge on any atom is 2.00 e. The first-order valence-electron chi connectivity index (χ1n) is 18.8. The molecule has 6 aromatic rings. The number of halogens is 2. The van der Waals surface area contributed by atoms with E-state index in [1.807, 2.05) is 62.6 Å². The van der Waals surface area contributed by atoms with Crippen LogP contribution in [0.1, 0.15) is 45.3 Å². The van der Waals surface area contributed by atoms with Crippen LogP contribution in [0.25, 0.3) is 0 Å². The molecule has 0 aliphatic rings. The summed E-state index contributed by atoms with van der Waals surface area (Å²) >= 11 is 0. The van der Waals surface area contributed by atoms with E-state index in [0.29, 0.717) is 0 Å². The topological polar surface area (TPSA) is 289 Å². The van der Waals surface area contributed by atoms with Gasteiger partial charge in [-0.3, -0.25) is 29.7 Å². The largest absolute Gasteiger partial charge is 2.00 e. The van der Waals surface area contributed by atoms with Crippen molar-refractivity contribution in [2.75, 3.05) is 27.3 Å². The molecule has 354 valence electrons. The molecule has 0 N–H and O–H groups in total. The fourth-order valence-corrected chi connectivity index (χ4v) is 5.58. The van der Waals surface area contributed by atoms with Gasteiger partial charge in [0.2, 0.25) is 0 Å². The van der Waals surface area contributed by atoms with Crippen molar-refractivity contribution in [3.05, 3.63) is 191 Å². The van der Waals surface area contributed by atoms with Gasteiger partial charge in [0.15, 0.2) is 0 Å². The first-order valence-corrected chi connectivity index (χ1v) is 21.3. The molecule has 4 heterocycles. The van der Waals surface area contributed by atoms with Crippen LogP contribution in [0.4, 0.5) is 0 Å². The van der Waals surface area contributed by atoms with Crippen molar-refractivity contribution in [1.82, 2.24) is 29.7 Å². The Bertz CT molecular complexity index is 1840. The molecule has 0 atom stereocenters. The summed E-state index contributed by atoms with van der Waals surface area (Å²) in [6.45, 7) is 9.54. The Morgan fingerprint density at radius 1 is 0.391 bits per heavy atom. The normalized spacial score (nSPS) is 10.2. The van der Waals surface area contributed by atoms with Gasteiger partial charge in [-0.15, -0.1) is 20.5 Å². The predicted molar refractivity (Wildman–Crippen MR) is 207 cm³/mol. The Labute approximate surface area is 401 Å². The number of nitrogens with zero attached hydrogens (tertiary/aromatic N) is 6. The third-order valence-electron chi connectivity index (χ3n) is 7.98. The van der Waals surface area contributed by atoms with E-state index in [1.54, 1.807) is 0 Å². The van der Waals surface area contributed by atoms with Crippen LogP contribution in [0, 0.1) is 34.3 Å². The number of aryl methyl sites for hydroxylation is 2. The second-order valence-electron chi connectivity index (χ2n) is 12.8. The van der Waals surface area contributed by atoms with E-state index in [4.69, 9.17) is 47.5 Å². The SMILES string of the molecule is C[O-].C[O-].Cc1cccc(CN(CCc2ccccn2)Cc2ccccc2)n1.Cc1cccc(CN(CCc2ccccn2)Cc2ccccc2)n1.[Cu+2].[Cu+2].[O-][Cl+3]([O-])([O-])[O-].[O-][Cl+3]([O-])([O-])[O-]. The molecule has 0 amide bonds. The van der Waals surface area contributed by atoms with Crippen LogP contribution in [0.3, 0.4) is 0 Å². The summed E-state index contributed by atoms with van der Waals surface area (Å²) in [5.74, 6) is 0. The van der Waals surface area contributed by atoms with Gasteiger partial charge in [-0.25, -0.2) is 37.3 Å². The van der Waals surface area contributed by atoms with E-state index < -0.39 is 20.5 Å². The number of pyridine rings is 4. The standard InChI is InChI=1S/2C21H23N3.2CH3O.2ClHO4.2Cu/c2*1-18-8-7-12-21(23-18)17-24(16-19-9-3-2-4-10-19)15-13-20-11-5-6-14-22-20;2*1-2;2*2-1(3,4)5;;/h2*2-12,14H,13,15-17H2,1H3;2*1H3;2*(H,2,3,4,5);;/q;;2*-1;;;2*+2/p-2. The molecule has 6 rings (SSSR count). The molecule has 0 fully saturated rings. The summed E-state index contributed by atoms with van der Waals surface area (Å²) in [4.78, 5) is 23.1. The molecule has 64 heavy (non-hydrogen) atoms. The molecule has 0 saturated heterocycles. The van der Waals surface area contributed by atoms with Gasteiger partial charge in [-0.2, -0.15) is 14.2 Å². The number of hydrogen-bond donors (Lipinski definition) is 0. The molecule has 0 aliphatic carbocycles. The molecule has 4 aromatic heterocycles. The fourth-order valence-electron chi connectivity index (χ4n) is 5.58. The van der Waals surface area contributed by atoms with Crippen LogP contribution in [-0.4, -0.2) is 57.0 Å². The summed E-state index contributed by atoms with van der Waals surface area (Å²) in [6.07, 6.45) is 5.61. The molecule has 0 bridgehead atoms. The van der Waals surface area contributed by atoms with Crippen molar-refractivity contribution in [2.45, 2.75) is 52.9 Å². The Morgan fingerprint density at radius 2 is 0.688 bits per heavy atom. The summed E-state index contributed by atoms with van der Waals surface area (Å²) in [5, 5.41) is 16.5. The van der Waals surface area contributed by atoms with Crippen LogP contribution in [0.2, 0.25) is 0 Å². The summed E-state index contributed by atoms with van der Waals surface area (Å²) in [7, 11) is -8.39. The third-order valence-corrected chi connectivity index (χ3v) is 7.98. The van der Waals surface area contributed by atoms with Gasteiger partial charge in [-0.1, -0.05) is 84.9 Å². The quantitative estimate of drug-likeness (QED) is 0.0957. The van der Waals surface area contributed by atoms with Crippen LogP contribution in [-0.2, 0) is 73.2 Å². The van der Waals surface area contributed by atoms with E-state index in [0.717, 1.165) is 100 Å². The van der Waals surface area contributed by atoms with Crippen molar-refractivity contribution >= 4 is 0 Å². The molecular formula is C44H52Cl2Cu2N6O10. The number of aromatic nitrogens is 4. The maximum atomic E-state index is 8.49. The van der Waals surface area contributed by atoms with E-state index >= 15 is 0 Å². The smallest absolute Gasteiger partial charge is 0.857 e. The summed E-state index contributed by atoms with van der Waals surface area (Å²) in [6, 6.07) is 45.8. The number of rotatable bonds is 14. The minimum Gasteiger partial charge on any atom is -0.857 e. The van der Waals surface area contributed by atoms with Gasteiger partial charge >= 0.3 is 34.1 Å². The van der Waals surface area contributed by atoms with Gasteiger partial charge in [0.25, 0.3) is 0 Å². The van der Waals surface area contributed by atoms with E-state index in [9.17, 15) is 0 Å². The number of hydrogen-bond acceptors (Lipinski definition) is 16. The van der Waals surface area contributed by atoms with Crippen molar-refractivity contribution < 1.29 is 102 Å². The summed E-state index contributed by atoms with van der Waals surface area (Å²) in [5.41, 5.74) is 9.28. The van der Waals surface area contributed by atoms with Crippen LogP contribution < -0.4 is 47.5 Å². The molecule has 0 saturated carbocycles. The molecule has 2 aromatic carbocycles. The zero-order valence-corrected chi connectivity index (χ0v) is 39.0. The maximum absolute atomic E-state index is 8.49. The zero-order valence-electron chi connectivity index (χ0n) is 35.6. The molecule has 16 nitrogen and oxygen atoms in total. The zero-order chi connectivity index (χ0) is 46.2. The molecule has 0 unspecified atom stereocenters. The molecule has 0 aliphatic heterocycles. The Kier molecular flexibility index (Phi) is 35.4. The van der Waals surface area contributed by atoms with Gasteiger partial charge in [0.05, 0.1) is 11.4 Å². The van der Waals surface area contributed by atoms with Gasteiger partial charge in [-0.05, 0) is 73.5 Å². The van der Waals surface area contributed by atoms with Gasteiger partial charge < -0.3 is 10.2 Å². The molecular weight excluding hydrogens is 971 g/mol. The second kappa shape index (κ2) is 36.4.